The number of ether oxygens (including phenoxy) is 1. The van der Waals surface area contributed by atoms with Crippen LogP contribution in [-0.2, 0) is 4.74 Å². The molecule has 146 valence electrons. The van der Waals surface area contributed by atoms with E-state index in [1.165, 1.54) is 6.07 Å². The molecule has 0 unspecified atom stereocenters. The Morgan fingerprint density at radius 3 is 2.61 bits per heavy atom. The van der Waals surface area contributed by atoms with Gasteiger partial charge in [0, 0.05) is 28.3 Å². The monoisotopic (exact) mass is 512 g/mol. The summed E-state index contributed by atoms with van der Waals surface area (Å²) < 4.78 is 6.23. The highest BCUT2D eigenvalue weighted by Crippen LogP contribution is 2.30. The van der Waals surface area contributed by atoms with Gasteiger partial charge in [-0.15, -0.1) is 0 Å². The first-order chi connectivity index (χ1) is 13.5. The number of benzene rings is 2. The van der Waals surface area contributed by atoms with E-state index in [4.69, 9.17) is 17.0 Å². The van der Waals surface area contributed by atoms with Gasteiger partial charge in [-0.3, -0.25) is 20.2 Å². The second-order valence-electron chi connectivity index (χ2n) is 5.95. The van der Waals surface area contributed by atoms with Crippen LogP contribution in [0.4, 0.5) is 17.1 Å². The maximum Gasteiger partial charge on any atom is 0.293 e. The fourth-order valence-corrected chi connectivity index (χ4v) is 3.50. The molecule has 1 aliphatic heterocycles. The van der Waals surface area contributed by atoms with Crippen LogP contribution in [0.5, 0.6) is 0 Å². The first kappa shape index (κ1) is 20.4. The van der Waals surface area contributed by atoms with E-state index in [2.05, 4.69) is 33.2 Å². The molecule has 0 radical (unpaired) electrons. The number of anilines is 2. The fourth-order valence-electron chi connectivity index (χ4n) is 2.77. The minimum Gasteiger partial charge on any atom is -0.378 e. The van der Waals surface area contributed by atoms with Gasteiger partial charge in [0.15, 0.2) is 5.11 Å². The number of halogens is 1. The molecule has 0 atom stereocenters. The summed E-state index contributed by atoms with van der Waals surface area (Å²) in [6.45, 7) is 2.15. The van der Waals surface area contributed by atoms with Crippen LogP contribution in [0.25, 0.3) is 0 Å². The standard InChI is InChI=1S/C18H17IN4O4S/c19-13-3-1-2-4-14(13)20-18(28)21-17(24)12-5-6-15(16(11-12)23(25)26)22-7-9-27-10-8-22/h1-6,11H,7-10H2,(H2,20,21,24,28). The van der Waals surface area contributed by atoms with E-state index in [0.717, 1.165) is 9.26 Å². The second-order valence-corrected chi connectivity index (χ2v) is 7.52. The van der Waals surface area contributed by atoms with Crippen molar-refractivity contribution in [1.29, 1.82) is 0 Å². The van der Waals surface area contributed by atoms with E-state index in [-0.39, 0.29) is 16.4 Å². The SMILES string of the molecule is O=C(NC(=S)Nc1ccccc1I)c1ccc(N2CCOCC2)c([N+](=O)[O-])c1. The number of carbonyl (C=O) groups excluding carboxylic acids is 1. The molecule has 1 amide bonds. The van der Waals surface area contributed by atoms with Crippen molar-refractivity contribution in [3.8, 4) is 0 Å². The lowest BCUT2D eigenvalue weighted by molar-refractivity contribution is -0.384. The number of morpholine rings is 1. The van der Waals surface area contributed by atoms with Crippen LogP contribution in [0.1, 0.15) is 10.4 Å². The molecular formula is C18H17IN4O4S. The third-order valence-electron chi connectivity index (χ3n) is 4.14. The van der Waals surface area contributed by atoms with Gasteiger partial charge in [0.05, 0.1) is 23.8 Å². The summed E-state index contributed by atoms with van der Waals surface area (Å²) >= 11 is 7.33. The average molecular weight is 512 g/mol. The average Bonchev–Trinajstić information content (AvgIpc) is 2.70. The number of para-hydroxylation sites is 1. The zero-order valence-corrected chi connectivity index (χ0v) is 17.7. The smallest absolute Gasteiger partial charge is 0.293 e. The predicted molar refractivity (Wildman–Crippen MR) is 119 cm³/mol. The van der Waals surface area contributed by atoms with Crippen molar-refractivity contribution >= 4 is 62.9 Å². The van der Waals surface area contributed by atoms with Gasteiger partial charge in [-0.1, -0.05) is 12.1 Å². The van der Waals surface area contributed by atoms with Crippen LogP contribution in [0.2, 0.25) is 0 Å². The van der Waals surface area contributed by atoms with E-state index in [0.29, 0.717) is 32.0 Å². The molecule has 8 nitrogen and oxygen atoms in total. The molecule has 2 aromatic carbocycles. The van der Waals surface area contributed by atoms with E-state index >= 15 is 0 Å². The van der Waals surface area contributed by atoms with Gasteiger partial charge in [-0.2, -0.15) is 0 Å². The molecular weight excluding hydrogens is 495 g/mol. The molecule has 2 N–H and O–H groups in total. The van der Waals surface area contributed by atoms with Crippen molar-refractivity contribution < 1.29 is 14.5 Å². The van der Waals surface area contributed by atoms with Crippen molar-refractivity contribution in [2.24, 2.45) is 0 Å². The van der Waals surface area contributed by atoms with Crippen LogP contribution in [0.3, 0.4) is 0 Å². The van der Waals surface area contributed by atoms with Gasteiger partial charge in [0.1, 0.15) is 5.69 Å². The number of carbonyl (C=O) groups is 1. The number of hydrogen-bond donors (Lipinski definition) is 2. The highest BCUT2D eigenvalue weighted by molar-refractivity contribution is 14.1. The molecule has 1 fully saturated rings. The topological polar surface area (TPSA) is 96.7 Å². The molecule has 10 heteroatoms. The van der Waals surface area contributed by atoms with Crippen molar-refractivity contribution in [1.82, 2.24) is 5.32 Å². The number of nitrogens with zero attached hydrogens (tertiary/aromatic N) is 2. The van der Waals surface area contributed by atoms with Crippen LogP contribution >= 0.6 is 34.8 Å². The third kappa shape index (κ3) is 4.94. The van der Waals surface area contributed by atoms with Crippen molar-refractivity contribution in [3.05, 3.63) is 61.7 Å². The maximum absolute atomic E-state index is 12.5. The van der Waals surface area contributed by atoms with Crippen molar-refractivity contribution in [3.63, 3.8) is 0 Å². The quantitative estimate of drug-likeness (QED) is 0.281. The predicted octanol–water partition coefficient (Wildman–Crippen LogP) is 3.16. The molecule has 28 heavy (non-hydrogen) atoms. The highest BCUT2D eigenvalue weighted by atomic mass is 127. The maximum atomic E-state index is 12.5. The van der Waals surface area contributed by atoms with Gasteiger partial charge < -0.3 is 15.0 Å². The minimum absolute atomic E-state index is 0.119. The lowest BCUT2D eigenvalue weighted by Gasteiger charge is -2.28. The van der Waals surface area contributed by atoms with Gasteiger partial charge in [-0.05, 0) is 59.1 Å². The van der Waals surface area contributed by atoms with E-state index in [1.54, 1.807) is 12.1 Å². The molecule has 1 aliphatic rings. The summed E-state index contributed by atoms with van der Waals surface area (Å²) in [4.78, 5) is 25.4. The summed E-state index contributed by atoms with van der Waals surface area (Å²) in [7, 11) is 0. The lowest BCUT2D eigenvalue weighted by Crippen LogP contribution is -2.37. The molecule has 0 aliphatic carbocycles. The normalized spacial score (nSPS) is 13.7. The number of rotatable bonds is 4. The molecule has 0 bridgehead atoms. The van der Waals surface area contributed by atoms with Crippen molar-refractivity contribution in [2.75, 3.05) is 36.5 Å². The lowest BCUT2D eigenvalue weighted by atomic mass is 10.1. The zero-order chi connectivity index (χ0) is 20.1. The molecule has 1 saturated heterocycles. The number of hydrogen-bond acceptors (Lipinski definition) is 6. The molecule has 2 aromatic rings. The van der Waals surface area contributed by atoms with E-state index in [9.17, 15) is 14.9 Å². The number of nitro benzene ring substituents is 1. The first-order valence-corrected chi connectivity index (χ1v) is 9.92. The van der Waals surface area contributed by atoms with E-state index < -0.39 is 10.8 Å². The highest BCUT2D eigenvalue weighted by Gasteiger charge is 2.23. The fraction of sp³-hybridized carbons (Fsp3) is 0.222. The van der Waals surface area contributed by atoms with Crippen LogP contribution in [0, 0.1) is 13.7 Å². The Morgan fingerprint density at radius 2 is 1.93 bits per heavy atom. The largest absolute Gasteiger partial charge is 0.378 e. The Morgan fingerprint density at radius 1 is 1.21 bits per heavy atom. The Balaban J connectivity index is 1.74. The van der Waals surface area contributed by atoms with Crippen LogP contribution in [-0.4, -0.2) is 42.2 Å². The Bertz CT molecular complexity index is 918. The molecule has 0 saturated carbocycles. The van der Waals surface area contributed by atoms with Crippen LogP contribution < -0.4 is 15.5 Å². The molecule has 0 spiro atoms. The minimum atomic E-state index is -0.514. The molecule has 1 heterocycles. The van der Waals surface area contributed by atoms with Gasteiger partial charge in [-0.25, -0.2) is 0 Å². The Labute approximate surface area is 180 Å². The summed E-state index contributed by atoms with van der Waals surface area (Å²) in [6.07, 6.45) is 0. The summed E-state index contributed by atoms with van der Waals surface area (Å²) in [5.74, 6) is -0.514. The third-order valence-corrected chi connectivity index (χ3v) is 5.28. The Kier molecular flexibility index (Phi) is 6.75. The summed E-state index contributed by atoms with van der Waals surface area (Å²) in [5.41, 5.74) is 1.29. The molecule has 0 aromatic heterocycles. The second kappa shape index (κ2) is 9.26. The number of amides is 1. The summed E-state index contributed by atoms with van der Waals surface area (Å²) in [5, 5.41) is 17.1. The van der Waals surface area contributed by atoms with Gasteiger partial charge in [0.25, 0.3) is 11.6 Å². The van der Waals surface area contributed by atoms with Crippen molar-refractivity contribution in [2.45, 2.75) is 0 Å². The first-order valence-electron chi connectivity index (χ1n) is 8.43. The molecule has 3 rings (SSSR count). The van der Waals surface area contributed by atoms with E-state index in [1.807, 2.05) is 29.2 Å². The zero-order valence-electron chi connectivity index (χ0n) is 14.7. The van der Waals surface area contributed by atoms with Gasteiger partial charge >= 0.3 is 0 Å². The number of thiocarbonyl (C=S) groups is 1. The number of nitro groups is 1. The summed E-state index contributed by atoms with van der Waals surface area (Å²) in [6, 6.07) is 11.9. The van der Waals surface area contributed by atoms with Gasteiger partial charge in [0.2, 0.25) is 0 Å². The Hall–Kier alpha value is -2.31. The van der Waals surface area contributed by atoms with Crippen LogP contribution in [0.15, 0.2) is 42.5 Å². The number of nitrogens with one attached hydrogen (secondary N) is 2.